The molecule has 1 aliphatic rings. The van der Waals surface area contributed by atoms with E-state index in [1.807, 2.05) is 48.8 Å². The standard InChI is InChI=1S/C40H42Cl2N4O5/c1-47-32-8-6-30(7-9-32)46(25-27-11-15-44-34(19-27)29-22-37(50-4)40(42)38(23-29)51-5)31-12-16-45(17-13-31)24-26-10-14-43-33(18-26)28-20-35(48-2)39(41)36(21-28)49-3/h6-11,14-15,18-23,31H,12-13,16-17,24-25H2,1-5H3. The Bertz CT molecular complexity index is 1900. The number of nitrogens with zero attached hydrogens (tertiary/aromatic N) is 4. The van der Waals surface area contributed by atoms with Crippen molar-refractivity contribution < 1.29 is 23.7 Å². The quantitative estimate of drug-likeness (QED) is 0.118. The van der Waals surface area contributed by atoms with Gasteiger partial charge in [0.15, 0.2) is 0 Å². The van der Waals surface area contributed by atoms with Gasteiger partial charge >= 0.3 is 0 Å². The van der Waals surface area contributed by atoms with Crippen LogP contribution in [-0.2, 0) is 13.1 Å². The Balaban J connectivity index is 1.19. The lowest BCUT2D eigenvalue weighted by Gasteiger charge is -2.40. The highest BCUT2D eigenvalue weighted by Gasteiger charge is 2.26. The van der Waals surface area contributed by atoms with Crippen LogP contribution in [0.2, 0.25) is 10.0 Å². The molecule has 0 bridgehead atoms. The first kappa shape index (κ1) is 36.1. The van der Waals surface area contributed by atoms with Gasteiger partial charge in [0.1, 0.15) is 38.8 Å². The molecule has 0 amide bonds. The minimum Gasteiger partial charge on any atom is -0.497 e. The third-order valence-corrected chi connectivity index (χ3v) is 10.0. The van der Waals surface area contributed by atoms with E-state index in [-0.39, 0.29) is 0 Å². The van der Waals surface area contributed by atoms with Gasteiger partial charge in [-0.15, -0.1) is 0 Å². The first-order chi connectivity index (χ1) is 24.8. The molecule has 1 fully saturated rings. The molecule has 9 nitrogen and oxygen atoms in total. The number of rotatable bonds is 13. The molecular weight excluding hydrogens is 687 g/mol. The van der Waals surface area contributed by atoms with Crippen molar-refractivity contribution in [2.75, 3.05) is 53.5 Å². The maximum atomic E-state index is 6.45. The van der Waals surface area contributed by atoms with Crippen LogP contribution in [0, 0.1) is 0 Å². The molecule has 1 saturated heterocycles. The number of ether oxygens (including phenoxy) is 5. The second-order valence-electron chi connectivity index (χ2n) is 12.3. The first-order valence-electron chi connectivity index (χ1n) is 16.7. The molecule has 0 N–H and O–H groups in total. The number of piperidine rings is 1. The van der Waals surface area contributed by atoms with Crippen LogP contribution in [-0.4, -0.2) is 69.5 Å². The molecule has 3 aromatic carbocycles. The van der Waals surface area contributed by atoms with Crippen molar-refractivity contribution in [1.82, 2.24) is 14.9 Å². The van der Waals surface area contributed by atoms with E-state index in [0.29, 0.717) is 39.1 Å². The predicted molar refractivity (Wildman–Crippen MR) is 203 cm³/mol. The Labute approximate surface area is 309 Å². The van der Waals surface area contributed by atoms with E-state index in [4.69, 9.17) is 46.9 Å². The van der Waals surface area contributed by atoms with Crippen molar-refractivity contribution >= 4 is 28.9 Å². The van der Waals surface area contributed by atoms with Crippen molar-refractivity contribution in [2.45, 2.75) is 32.0 Å². The fraction of sp³-hybridized carbons (Fsp3) is 0.300. The average Bonchev–Trinajstić information content (AvgIpc) is 3.18. The van der Waals surface area contributed by atoms with E-state index in [9.17, 15) is 0 Å². The summed E-state index contributed by atoms with van der Waals surface area (Å²) in [6, 6.07) is 24.6. The Morgan fingerprint density at radius 2 is 1.10 bits per heavy atom. The number of methoxy groups -OCH3 is 5. The van der Waals surface area contributed by atoms with Gasteiger partial charge in [-0.2, -0.15) is 0 Å². The molecule has 2 aromatic heterocycles. The van der Waals surface area contributed by atoms with Gasteiger partial charge in [0.2, 0.25) is 0 Å². The maximum absolute atomic E-state index is 6.45. The Morgan fingerprint density at radius 1 is 0.627 bits per heavy atom. The van der Waals surface area contributed by atoms with Gasteiger partial charge in [0, 0.05) is 61.4 Å². The molecular formula is C40H42Cl2N4O5. The van der Waals surface area contributed by atoms with Gasteiger partial charge in [0.05, 0.1) is 46.9 Å². The molecule has 5 aromatic rings. The van der Waals surface area contributed by atoms with E-state index in [1.54, 1.807) is 35.5 Å². The summed E-state index contributed by atoms with van der Waals surface area (Å²) in [5.41, 5.74) is 6.90. The number of hydrogen-bond acceptors (Lipinski definition) is 9. The van der Waals surface area contributed by atoms with Gasteiger partial charge < -0.3 is 28.6 Å². The van der Waals surface area contributed by atoms with Crippen molar-refractivity contribution in [3.63, 3.8) is 0 Å². The summed E-state index contributed by atoms with van der Waals surface area (Å²) in [5.74, 6) is 3.01. The first-order valence-corrected chi connectivity index (χ1v) is 17.5. The average molecular weight is 730 g/mol. The lowest BCUT2D eigenvalue weighted by molar-refractivity contribution is 0.201. The molecule has 266 valence electrons. The van der Waals surface area contributed by atoms with E-state index >= 15 is 0 Å². The third-order valence-electron chi connectivity index (χ3n) is 9.29. The summed E-state index contributed by atoms with van der Waals surface area (Å²) in [6.07, 6.45) is 5.74. The van der Waals surface area contributed by atoms with Crippen molar-refractivity contribution in [1.29, 1.82) is 0 Å². The summed E-state index contributed by atoms with van der Waals surface area (Å²) >= 11 is 12.9. The molecule has 51 heavy (non-hydrogen) atoms. The van der Waals surface area contributed by atoms with Crippen LogP contribution in [0.25, 0.3) is 22.5 Å². The largest absolute Gasteiger partial charge is 0.497 e. The number of halogens is 2. The highest BCUT2D eigenvalue weighted by molar-refractivity contribution is 6.34. The predicted octanol–water partition coefficient (Wildman–Crippen LogP) is 8.83. The zero-order valence-corrected chi connectivity index (χ0v) is 31.0. The number of aromatic nitrogens is 2. The monoisotopic (exact) mass is 728 g/mol. The molecule has 0 saturated carbocycles. The Morgan fingerprint density at radius 3 is 1.57 bits per heavy atom. The van der Waals surface area contributed by atoms with E-state index < -0.39 is 0 Å². The van der Waals surface area contributed by atoms with Crippen molar-refractivity contribution in [2.24, 2.45) is 0 Å². The molecule has 0 atom stereocenters. The molecule has 11 heteroatoms. The minimum atomic E-state index is 0.337. The Hall–Kier alpha value is -4.70. The number of anilines is 1. The van der Waals surface area contributed by atoms with Gasteiger partial charge in [0.25, 0.3) is 0 Å². The van der Waals surface area contributed by atoms with Crippen LogP contribution in [0.15, 0.2) is 85.2 Å². The summed E-state index contributed by atoms with van der Waals surface area (Å²) in [7, 11) is 8.07. The van der Waals surface area contributed by atoms with Crippen LogP contribution in [0.4, 0.5) is 5.69 Å². The number of pyridine rings is 2. The summed E-state index contributed by atoms with van der Waals surface area (Å²) in [6.45, 7) is 3.47. The Kier molecular flexibility index (Phi) is 11.7. The van der Waals surface area contributed by atoms with Gasteiger partial charge in [-0.05, 0) is 96.8 Å². The number of hydrogen-bond donors (Lipinski definition) is 0. The fourth-order valence-electron chi connectivity index (χ4n) is 6.54. The molecule has 1 aliphatic heterocycles. The maximum Gasteiger partial charge on any atom is 0.141 e. The van der Waals surface area contributed by atoms with Crippen LogP contribution in [0.3, 0.4) is 0 Å². The van der Waals surface area contributed by atoms with Crippen LogP contribution >= 0.6 is 23.2 Å². The lowest BCUT2D eigenvalue weighted by Crippen LogP contribution is -2.44. The molecule has 6 rings (SSSR count). The zero-order chi connectivity index (χ0) is 35.9. The van der Waals surface area contributed by atoms with E-state index in [0.717, 1.165) is 78.5 Å². The normalized spacial score (nSPS) is 13.5. The number of likely N-dealkylation sites (tertiary alicyclic amines) is 1. The summed E-state index contributed by atoms with van der Waals surface area (Å²) in [4.78, 5) is 14.3. The third kappa shape index (κ3) is 8.28. The lowest BCUT2D eigenvalue weighted by atomic mass is 10.00. The second-order valence-corrected chi connectivity index (χ2v) is 13.1. The second kappa shape index (κ2) is 16.5. The number of benzene rings is 3. The van der Waals surface area contributed by atoms with E-state index in [2.05, 4.69) is 56.2 Å². The van der Waals surface area contributed by atoms with Gasteiger partial charge in [-0.25, -0.2) is 0 Å². The highest BCUT2D eigenvalue weighted by atomic mass is 35.5. The van der Waals surface area contributed by atoms with Crippen molar-refractivity contribution in [3.8, 4) is 51.3 Å². The smallest absolute Gasteiger partial charge is 0.141 e. The van der Waals surface area contributed by atoms with E-state index in [1.165, 1.54) is 5.56 Å². The SMILES string of the molecule is COc1ccc(N(Cc2ccnc(-c3cc(OC)c(Cl)c(OC)c3)c2)C2CCN(Cc3ccnc(-c4cc(OC)c(Cl)c(OC)c4)c3)CC2)cc1. The molecule has 3 heterocycles. The molecule has 0 unspecified atom stereocenters. The van der Waals surface area contributed by atoms with Crippen molar-refractivity contribution in [3.05, 3.63) is 106 Å². The van der Waals surface area contributed by atoms with Gasteiger partial charge in [-0.1, -0.05) is 23.2 Å². The highest BCUT2D eigenvalue weighted by Crippen LogP contribution is 2.40. The fourth-order valence-corrected chi connectivity index (χ4v) is 7.07. The molecule has 0 spiro atoms. The molecule has 0 radical (unpaired) electrons. The summed E-state index contributed by atoms with van der Waals surface area (Å²) < 4.78 is 27.5. The minimum absolute atomic E-state index is 0.337. The zero-order valence-electron chi connectivity index (χ0n) is 29.5. The topological polar surface area (TPSA) is 78.4 Å². The molecule has 0 aliphatic carbocycles. The summed E-state index contributed by atoms with van der Waals surface area (Å²) in [5, 5.41) is 0.878. The van der Waals surface area contributed by atoms with Crippen LogP contribution in [0.1, 0.15) is 24.0 Å². The van der Waals surface area contributed by atoms with Crippen LogP contribution < -0.4 is 28.6 Å². The van der Waals surface area contributed by atoms with Crippen LogP contribution in [0.5, 0.6) is 28.7 Å². The van der Waals surface area contributed by atoms with Gasteiger partial charge in [-0.3, -0.25) is 14.9 Å².